The first-order chi connectivity index (χ1) is 15.2. The fourth-order valence-electron chi connectivity index (χ4n) is 4.13. The van der Waals surface area contributed by atoms with Crippen LogP contribution in [0.15, 0.2) is 39.7 Å². The Morgan fingerprint density at radius 3 is 2.69 bits per heavy atom. The Hall–Kier alpha value is -2.66. The summed E-state index contributed by atoms with van der Waals surface area (Å²) in [5.41, 5.74) is -0.339. The highest BCUT2D eigenvalue weighted by Crippen LogP contribution is 2.32. The highest BCUT2D eigenvalue weighted by atomic mass is 32.2. The first-order valence-corrected chi connectivity index (χ1v) is 13.1. The Balaban J connectivity index is 1.72. The lowest BCUT2D eigenvalue weighted by molar-refractivity contribution is -0.120. The Bertz CT molecular complexity index is 1300. The Morgan fingerprint density at radius 1 is 1.28 bits per heavy atom. The third-order valence-corrected chi connectivity index (χ3v) is 7.99. The van der Waals surface area contributed by atoms with Gasteiger partial charge >= 0.3 is 0 Å². The average Bonchev–Trinajstić information content (AvgIpc) is 3.21. The second kappa shape index (κ2) is 9.07. The highest BCUT2D eigenvalue weighted by molar-refractivity contribution is 7.91. The van der Waals surface area contributed by atoms with E-state index in [1.807, 2.05) is 0 Å². The van der Waals surface area contributed by atoms with Gasteiger partial charge in [0, 0.05) is 11.6 Å². The minimum atomic E-state index is -3.54. The molecule has 1 atom stereocenters. The van der Waals surface area contributed by atoms with Gasteiger partial charge in [-0.15, -0.1) is 11.3 Å². The van der Waals surface area contributed by atoms with E-state index < -0.39 is 33.2 Å². The van der Waals surface area contributed by atoms with Gasteiger partial charge in [0.05, 0.1) is 12.5 Å². The van der Waals surface area contributed by atoms with Crippen LogP contribution < -0.4 is 10.9 Å². The SMILES string of the molecule is CS(=O)(=O)c1csc2c(=O)n(C(CC3CCCCC3)C(=O)Nc3ccc(F)cn3)cnc12. The molecule has 0 bridgehead atoms. The van der Waals surface area contributed by atoms with E-state index >= 15 is 0 Å². The standard InChI is InChI=1S/C21H23FN4O4S2/c1-32(29,30)16-11-31-19-18(16)24-12-26(21(19)28)15(9-13-5-3-2-4-6-13)20(27)25-17-8-7-14(22)10-23-17/h7-8,10-13,15H,2-6,9H2,1H3,(H,23,25,27). The van der Waals surface area contributed by atoms with Crippen LogP contribution in [0.4, 0.5) is 10.2 Å². The van der Waals surface area contributed by atoms with E-state index in [0.717, 1.165) is 55.9 Å². The van der Waals surface area contributed by atoms with Crippen molar-refractivity contribution in [2.24, 2.45) is 5.92 Å². The van der Waals surface area contributed by atoms with Crippen LogP contribution in [-0.4, -0.2) is 35.1 Å². The lowest BCUT2D eigenvalue weighted by Gasteiger charge is -2.27. The van der Waals surface area contributed by atoms with Crippen LogP contribution in [0.25, 0.3) is 10.2 Å². The van der Waals surface area contributed by atoms with Crippen molar-refractivity contribution in [2.75, 3.05) is 11.6 Å². The van der Waals surface area contributed by atoms with Crippen molar-refractivity contribution in [3.63, 3.8) is 0 Å². The summed E-state index contributed by atoms with van der Waals surface area (Å²) in [6.45, 7) is 0. The molecule has 0 aliphatic heterocycles. The lowest BCUT2D eigenvalue weighted by Crippen LogP contribution is -2.35. The largest absolute Gasteiger partial charge is 0.309 e. The molecule has 1 fully saturated rings. The molecule has 1 saturated carbocycles. The van der Waals surface area contributed by atoms with Crippen LogP contribution in [0, 0.1) is 11.7 Å². The van der Waals surface area contributed by atoms with Gasteiger partial charge in [-0.25, -0.2) is 22.8 Å². The van der Waals surface area contributed by atoms with Gasteiger partial charge in [-0.05, 0) is 24.5 Å². The molecular weight excluding hydrogens is 455 g/mol. The van der Waals surface area contributed by atoms with Crippen LogP contribution in [0.5, 0.6) is 0 Å². The van der Waals surface area contributed by atoms with Crippen molar-refractivity contribution in [1.29, 1.82) is 0 Å². The molecule has 0 aromatic carbocycles. The Morgan fingerprint density at radius 2 is 2.03 bits per heavy atom. The highest BCUT2D eigenvalue weighted by Gasteiger charge is 2.29. The normalized spacial score (nSPS) is 16.2. The van der Waals surface area contributed by atoms with E-state index in [0.29, 0.717) is 6.42 Å². The number of carbonyl (C=O) groups excluding carboxylic acids is 1. The minimum absolute atomic E-state index is 0.00513. The molecular formula is C21H23FN4O4S2. The van der Waals surface area contributed by atoms with Crippen LogP contribution in [-0.2, 0) is 14.6 Å². The second-order valence-electron chi connectivity index (χ2n) is 8.11. The van der Waals surface area contributed by atoms with Gasteiger partial charge in [0.15, 0.2) is 9.84 Å². The van der Waals surface area contributed by atoms with Crippen LogP contribution in [0.3, 0.4) is 0 Å². The van der Waals surface area contributed by atoms with Crippen LogP contribution in [0.2, 0.25) is 0 Å². The van der Waals surface area contributed by atoms with Gasteiger partial charge in [0.1, 0.15) is 32.8 Å². The first-order valence-electron chi connectivity index (χ1n) is 10.3. The Kier molecular flexibility index (Phi) is 6.38. The predicted octanol–water partition coefficient (Wildman–Crippen LogP) is 3.55. The number of aromatic nitrogens is 3. The van der Waals surface area contributed by atoms with Crippen molar-refractivity contribution >= 4 is 43.1 Å². The number of pyridine rings is 1. The predicted molar refractivity (Wildman–Crippen MR) is 120 cm³/mol. The van der Waals surface area contributed by atoms with E-state index in [1.54, 1.807) is 0 Å². The number of sulfone groups is 1. The topological polar surface area (TPSA) is 111 Å². The maximum Gasteiger partial charge on any atom is 0.272 e. The quantitative estimate of drug-likeness (QED) is 0.580. The number of hydrogen-bond acceptors (Lipinski definition) is 7. The van der Waals surface area contributed by atoms with E-state index in [-0.39, 0.29) is 26.8 Å². The molecule has 0 spiro atoms. The maximum atomic E-state index is 13.2. The number of nitrogens with one attached hydrogen (secondary N) is 1. The van der Waals surface area contributed by atoms with E-state index in [1.165, 1.54) is 28.4 Å². The van der Waals surface area contributed by atoms with Crippen molar-refractivity contribution in [3.05, 3.63) is 46.2 Å². The summed E-state index contributed by atoms with van der Waals surface area (Å²) < 4.78 is 38.6. The van der Waals surface area contributed by atoms with Crippen LogP contribution >= 0.6 is 11.3 Å². The van der Waals surface area contributed by atoms with Crippen molar-refractivity contribution in [3.8, 4) is 0 Å². The molecule has 170 valence electrons. The van der Waals surface area contributed by atoms with E-state index in [9.17, 15) is 22.4 Å². The van der Waals surface area contributed by atoms with Crippen molar-refractivity contribution in [2.45, 2.75) is 49.5 Å². The number of nitrogens with zero attached hydrogens (tertiary/aromatic N) is 3. The molecule has 32 heavy (non-hydrogen) atoms. The maximum absolute atomic E-state index is 13.2. The summed E-state index contributed by atoms with van der Waals surface area (Å²) >= 11 is 1.00. The zero-order valence-electron chi connectivity index (χ0n) is 17.5. The molecule has 3 aromatic heterocycles. The second-order valence-corrected chi connectivity index (χ2v) is 11.0. The van der Waals surface area contributed by atoms with E-state index in [2.05, 4.69) is 15.3 Å². The summed E-state index contributed by atoms with van der Waals surface area (Å²) in [5, 5.41) is 4.07. The zero-order valence-corrected chi connectivity index (χ0v) is 19.1. The van der Waals surface area contributed by atoms with Gasteiger partial charge in [0.2, 0.25) is 5.91 Å². The number of rotatable bonds is 6. The molecule has 0 radical (unpaired) electrons. The fraction of sp³-hybridized carbons (Fsp3) is 0.429. The Labute approximate surface area is 188 Å². The summed E-state index contributed by atoms with van der Waals surface area (Å²) in [7, 11) is -3.54. The number of halogens is 1. The number of amides is 1. The summed E-state index contributed by atoms with van der Waals surface area (Å²) in [5.74, 6) is -0.509. The number of thiophene rings is 1. The molecule has 0 saturated heterocycles. The molecule has 4 rings (SSSR count). The van der Waals surface area contributed by atoms with Crippen LogP contribution in [0.1, 0.15) is 44.6 Å². The molecule has 1 aliphatic carbocycles. The minimum Gasteiger partial charge on any atom is -0.309 e. The first kappa shape index (κ1) is 22.5. The molecule has 1 amide bonds. The van der Waals surface area contributed by atoms with Gasteiger partial charge in [-0.2, -0.15) is 0 Å². The average molecular weight is 479 g/mol. The molecule has 3 aromatic rings. The molecule has 11 heteroatoms. The number of anilines is 1. The smallest absolute Gasteiger partial charge is 0.272 e. The van der Waals surface area contributed by atoms with Gasteiger partial charge in [-0.1, -0.05) is 32.1 Å². The number of hydrogen-bond donors (Lipinski definition) is 1. The summed E-state index contributed by atoms with van der Waals surface area (Å²) in [6.07, 6.45) is 9.02. The lowest BCUT2D eigenvalue weighted by atomic mass is 9.84. The number of carbonyl (C=O) groups is 1. The van der Waals surface area contributed by atoms with Gasteiger partial charge in [-0.3, -0.25) is 14.2 Å². The molecule has 3 heterocycles. The summed E-state index contributed by atoms with van der Waals surface area (Å²) in [4.78, 5) is 34.6. The van der Waals surface area contributed by atoms with Gasteiger partial charge in [0.25, 0.3) is 5.56 Å². The zero-order chi connectivity index (χ0) is 22.9. The van der Waals surface area contributed by atoms with Crippen molar-refractivity contribution < 1.29 is 17.6 Å². The monoisotopic (exact) mass is 478 g/mol. The summed E-state index contributed by atoms with van der Waals surface area (Å²) in [6, 6.07) is 1.70. The van der Waals surface area contributed by atoms with Gasteiger partial charge < -0.3 is 5.32 Å². The fourth-order valence-corrected chi connectivity index (χ4v) is 6.36. The molecule has 1 unspecified atom stereocenters. The van der Waals surface area contributed by atoms with Crippen molar-refractivity contribution in [1.82, 2.24) is 14.5 Å². The third-order valence-electron chi connectivity index (χ3n) is 5.77. The third kappa shape index (κ3) is 4.73. The number of fused-ring (bicyclic) bond motifs is 1. The molecule has 1 aliphatic rings. The molecule has 1 N–H and O–H groups in total. The van der Waals surface area contributed by atoms with E-state index in [4.69, 9.17) is 0 Å². The molecule has 8 nitrogen and oxygen atoms in total.